The fraction of sp³-hybridized carbons (Fsp3) is 0.588. The maximum absolute atomic E-state index is 12.3. The molecule has 0 radical (unpaired) electrons. The van der Waals surface area contributed by atoms with E-state index in [0.717, 1.165) is 25.7 Å². The summed E-state index contributed by atoms with van der Waals surface area (Å²) in [6.07, 6.45) is 8.15. The Balaban J connectivity index is 1.58. The number of esters is 1. The van der Waals surface area contributed by atoms with Crippen molar-refractivity contribution in [2.45, 2.75) is 57.0 Å². The molecule has 0 aliphatic heterocycles. The lowest BCUT2D eigenvalue weighted by Gasteiger charge is -2.36. The van der Waals surface area contributed by atoms with Gasteiger partial charge in [-0.2, -0.15) is 0 Å². The lowest BCUT2D eigenvalue weighted by molar-refractivity contribution is -0.159. The largest absolute Gasteiger partial charge is 0.462 e. The fourth-order valence-corrected chi connectivity index (χ4v) is 3.32. The molecule has 3 rings (SSSR count). The summed E-state index contributed by atoms with van der Waals surface area (Å²) in [6.45, 7) is 0. The minimum Gasteiger partial charge on any atom is -0.462 e. The van der Waals surface area contributed by atoms with Crippen molar-refractivity contribution in [1.82, 2.24) is 0 Å². The number of carbonyl (C=O) groups is 1. The highest BCUT2D eigenvalue weighted by molar-refractivity contribution is 5.75. The van der Waals surface area contributed by atoms with E-state index in [4.69, 9.17) is 4.74 Å². The number of benzene rings is 1. The van der Waals surface area contributed by atoms with E-state index in [9.17, 15) is 4.79 Å². The van der Waals surface area contributed by atoms with Gasteiger partial charge in [-0.25, -0.2) is 0 Å². The van der Waals surface area contributed by atoms with Crippen LogP contribution in [0.3, 0.4) is 0 Å². The van der Waals surface area contributed by atoms with Crippen molar-refractivity contribution < 1.29 is 9.53 Å². The zero-order valence-corrected chi connectivity index (χ0v) is 11.4. The zero-order valence-electron chi connectivity index (χ0n) is 11.4. The van der Waals surface area contributed by atoms with E-state index in [-0.39, 0.29) is 18.0 Å². The minimum atomic E-state index is 0.0482. The molecule has 0 bridgehead atoms. The molecule has 2 atom stereocenters. The van der Waals surface area contributed by atoms with Gasteiger partial charge in [0.15, 0.2) is 0 Å². The third-order valence-electron chi connectivity index (χ3n) is 4.64. The summed E-state index contributed by atoms with van der Waals surface area (Å²) in [4.78, 5) is 12.3. The van der Waals surface area contributed by atoms with Gasteiger partial charge in [-0.15, -0.1) is 0 Å². The van der Waals surface area contributed by atoms with Crippen molar-refractivity contribution in [3.63, 3.8) is 0 Å². The number of rotatable bonds is 3. The lowest BCUT2D eigenvalue weighted by atomic mass is 9.70. The summed E-state index contributed by atoms with van der Waals surface area (Å²) < 4.78 is 5.71. The van der Waals surface area contributed by atoms with Crippen LogP contribution in [0.25, 0.3) is 0 Å². The van der Waals surface area contributed by atoms with Crippen molar-refractivity contribution in [3.05, 3.63) is 35.9 Å². The Labute approximate surface area is 115 Å². The van der Waals surface area contributed by atoms with Crippen LogP contribution in [0.5, 0.6) is 0 Å². The quantitative estimate of drug-likeness (QED) is 0.764. The number of hydrogen-bond acceptors (Lipinski definition) is 2. The van der Waals surface area contributed by atoms with Gasteiger partial charge in [-0.3, -0.25) is 4.79 Å². The van der Waals surface area contributed by atoms with Gasteiger partial charge in [-0.1, -0.05) is 36.8 Å². The van der Waals surface area contributed by atoms with Crippen LogP contribution in [0.1, 0.15) is 56.4 Å². The molecule has 0 saturated heterocycles. The van der Waals surface area contributed by atoms with Crippen molar-refractivity contribution >= 4 is 5.97 Å². The smallest absolute Gasteiger partial charge is 0.309 e. The van der Waals surface area contributed by atoms with Crippen molar-refractivity contribution in [2.24, 2.45) is 5.92 Å². The molecule has 1 unspecified atom stereocenters. The summed E-state index contributed by atoms with van der Waals surface area (Å²) in [5.74, 6) is 0.536. The van der Waals surface area contributed by atoms with Gasteiger partial charge in [-0.05, 0) is 50.0 Å². The Bertz CT molecular complexity index is 420. The van der Waals surface area contributed by atoms with E-state index >= 15 is 0 Å². The predicted molar refractivity (Wildman–Crippen MR) is 74.9 cm³/mol. The van der Waals surface area contributed by atoms with E-state index in [1.165, 1.54) is 24.8 Å². The highest BCUT2D eigenvalue weighted by Crippen LogP contribution is 2.43. The average molecular weight is 258 g/mol. The molecule has 2 fully saturated rings. The first-order valence-corrected chi connectivity index (χ1v) is 7.60. The SMILES string of the molecule is O=C(OC1CCCCC1)[C@H]1CCC1c1ccccc1. The molecule has 1 aromatic carbocycles. The van der Waals surface area contributed by atoms with Crippen LogP contribution in [-0.4, -0.2) is 12.1 Å². The number of hydrogen-bond donors (Lipinski definition) is 0. The van der Waals surface area contributed by atoms with Crippen LogP contribution < -0.4 is 0 Å². The Kier molecular flexibility index (Phi) is 3.86. The molecule has 0 amide bonds. The summed E-state index contributed by atoms with van der Waals surface area (Å²) >= 11 is 0. The molecule has 2 nitrogen and oxygen atoms in total. The molecule has 0 spiro atoms. The maximum atomic E-state index is 12.3. The first-order chi connectivity index (χ1) is 9.34. The van der Waals surface area contributed by atoms with Gasteiger partial charge in [0.1, 0.15) is 6.10 Å². The van der Waals surface area contributed by atoms with Gasteiger partial charge < -0.3 is 4.74 Å². The molecule has 0 aromatic heterocycles. The second-order valence-corrected chi connectivity index (χ2v) is 5.90. The molecule has 2 saturated carbocycles. The monoisotopic (exact) mass is 258 g/mol. The van der Waals surface area contributed by atoms with Gasteiger partial charge in [0.2, 0.25) is 0 Å². The van der Waals surface area contributed by atoms with Gasteiger partial charge in [0.05, 0.1) is 5.92 Å². The zero-order chi connectivity index (χ0) is 13.1. The summed E-state index contributed by atoms with van der Waals surface area (Å²) in [7, 11) is 0. The first kappa shape index (κ1) is 12.7. The summed E-state index contributed by atoms with van der Waals surface area (Å²) in [6, 6.07) is 10.4. The van der Waals surface area contributed by atoms with Crippen molar-refractivity contribution in [1.29, 1.82) is 0 Å². The van der Waals surface area contributed by atoms with E-state index < -0.39 is 0 Å². The average Bonchev–Trinajstić information content (AvgIpc) is 2.39. The molecule has 0 heterocycles. The van der Waals surface area contributed by atoms with Crippen LogP contribution in [-0.2, 0) is 9.53 Å². The normalized spacial score (nSPS) is 27.6. The highest BCUT2D eigenvalue weighted by atomic mass is 16.5. The van der Waals surface area contributed by atoms with E-state index in [2.05, 4.69) is 24.3 Å². The highest BCUT2D eigenvalue weighted by Gasteiger charge is 2.39. The first-order valence-electron chi connectivity index (χ1n) is 7.60. The second kappa shape index (κ2) is 5.77. The standard InChI is InChI=1S/C17H22O2/c18-17(19-14-9-5-2-6-10-14)16-12-11-15(16)13-7-3-1-4-8-13/h1,3-4,7-8,14-16H,2,5-6,9-12H2/t15?,16-/m0/s1. The molecule has 102 valence electrons. The fourth-order valence-electron chi connectivity index (χ4n) is 3.32. The molecule has 2 aliphatic rings. The van der Waals surface area contributed by atoms with Gasteiger partial charge in [0.25, 0.3) is 0 Å². The van der Waals surface area contributed by atoms with Gasteiger partial charge in [0, 0.05) is 0 Å². The van der Waals surface area contributed by atoms with Crippen LogP contribution in [0.4, 0.5) is 0 Å². The molecular weight excluding hydrogens is 236 g/mol. The Morgan fingerprint density at radius 3 is 2.32 bits per heavy atom. The molecular formula is C17H22O2. The van der Waals surface area contributed by atoms with Gasteiger partial charge >= 0.3 is 5.97 Å². The second-order valence-electron chi connectivity index (χ2n) is 5.90. The third-order valence-corrected chi connectivity index (χ3v) is 4.64. The van der Waals surface area contributed by atoms with Crippen LogP contribution in [0.15, 0.2) is 30.3 Å². The molecule has 19 heavy (non-hydrogen) atoms. The Morgan fingerprint density at radius 1 is 0.947 bits per heavy atom. The topological polar surface area (TPSA) is 26.3 Å². The Morgan fingerprint density at radius 2 is 1.68 bits per heavy atom. The molecule has 2 aliphatic carbocycles. The third kappa shape index (κ3) is 2.83. The number of ether oxygens (including phenoxy) is 1. The summed E-state index contributed by atoms with van der Waals surface area (Å²) in [5.41, 5.74) is 1.29. The molecule has 2 heteroatoms. The molecule has 1 aromatic rings. The van der Waals surface area contributed by atoms with E-state index in [0.29, 0.717) is 5.92 Å². The van der Waals surface area contributed by atoms with Crippen LogP contribution in [0, 0.1) is 5.92 Å². The summed E-state index contributed by atoms with van der Waals surface area (Å²) in [5, 5.41) is 0. The van der Waals surface area contributed by atoms with Crippen LogP contribution in [0.2, 0.25) is 0 Å². The van der Waals surface area contributed by atoms with E-state index in [1.807, 2.05) is 6.07 Å². The van der Waals surface area contributed by atoms with Crippen molar-refractivity contribution in [3.8, 4) is 0 Å². The van der Waals surface area contributed by atoms with Crippen LogP contribution >= 0.6 is 0 Å². The Hall–Kier alpha value is -1.31. The molecule has 0 N–H and O–H groups in total. The maximum Gasteiger partial charge on any atom is 0.309 e. The number of carbonyl (C=O) groups excluding carboxylic acids is 1. The van der Waals surface area contributed by atoms with Crippen molar-refractivity contribution in [2.75, 3.05) is 0 Å². The minimum absolute atomic E-state index is 0.0482. The lowest BCUT2D eigenvalue weighted by Crippen LogP contribution is -2.35. The predicted octanol–water partition coefficient (Wildman–Crippen LogP) is 4.06. The van der Waals surface area contributed by atoms with E-state index in [1.54, 1.807) is 0 Å².